The molecule has 7 nitrogen and oxygen atoms in total. The van der Waals surface area contributed by atoms with E-state index in [1.165, 1.54) is 0 Å². The average Bonchev–Trinajstić information content (AvgIpc) is 2.60. The third-order valence-corrected chi connectivity index (χ3v) is 3.28. The summed E-state index contributed by atoms with van der Waals surface area (Å²) in [5, 5.41) is 5.62. The van der Waals surface area contributed by atoms with Gasteiger partial charge in [-0.1, -0.05) is 24.3 Å². The molecule has 2 aromatic rings. The van der Waals surface area contributed by atoms with Crippen LogP contribution in [0.25, 0.3) is 0 Å². The van der Waals surface area contributed by atoms with E-state index in [9.17, 15) is 9.59 Å². The van der Waals surface area contributed by atoms with Gasteiger partial charge in [0.1, 0.15) is 0 Å². The molecular formula is C17H20N4O3. The van der Waals surface area contributed by atoms with Crippen molar-refractivity contribution < 1.29 is 14.3 Å². The predicted octanol–water partition coefficient (Wildman–Crippen LogP) is 1.45. The van der Waals surface area contributed by atoms with Crippen LogP contribution in [0, 0.1) is 6.92 Å². The molecule has 126 valence electrons. The number of anilines is 1. The van der Waals surface area contributed by atoms with E-state index in [0.717, 1.165) is 11.1 Å². The van der Waals surface area contributed by atoms with Crippen LogP contribution < -0.4 is 10.6 Å². The van der Waals surface area contributed by atoms with Crippen molar-refractivity contribution in [3.05, 3.63) is 53.9 Å². The third kappa shape index (κ3) is 6.04. The molecule has 1 heterocycles. The lowest BCUT2D eigenvalue weighted by Crippen LogP contribution is -2.29. The number of esters is 1. The number of nitrogens with one attached hydrogen (secondary N) is 2. The highest BCUT2D eigenvalue weighted by Gasteiger charge is 2.08. The second-order valence-corrected chi connectivity index (χ2v) is 5.11. The van der Waals surface area contributed by atoms with Gasteiger partial charge in [0.15, 0.2) is 6.61 Å². The Morgan fingerprint density at radius 1 is 1.12 bits per heavy atom. The maximum Gasteiger partial charge on any atom is 0.308 e. The van der Waals surface area contributed by atoms with Gasteiger partial charge >= 0.3 is 5.97 Å². The van der Waals surface area contributed by atoms with E-state index in [0.29, 0.717) is 19.0 Å². The van der Waals surface area contributed by atoms with E-state index in [1.807, 2.05) is 31.2 Å². The standard InChI is InChI=1S/C17H20N4O3/c1-13-5-2-3-6-14(13)11-21-15(22)12-24-16(23)7-10-20-17-18-8-4-9-19-17/h2-6,8-9H,7,10-12H2,1H3,(H,21,22)(H,18,19,20). The van der Waals surface area contributed by atoms with Gasteiger partial charge in [0.05, 0.1) is 6.42 Å². The first kappa shape index (κ1) is 17.4. The zero-order valence-electron chi connectivity index (χ0n) is 13.5. The molecule has 0 bridgehead atoms. The number of nitrogens with zero attached hydrogens (tertiary/aromatic N) is 2. The lowest BCUT2D eigenvalue weighted by molar-refractivity contribution is -0.148. The smallest absolute Gasteiger partial charge is 0.308 e. The van der Waals surface area contributed by atoms with Crippen molar-refractivity contribution in [2.75, 3.05) is 18.5 Å². The molecule has 2 N–H and O–H groups in total. The molecule has 7 heteroatoms. The van der Waals surface area contributed by atoms with Crippen LogP contribution in [0.5, 0.6) is 0 Å². The number of aromatic nitrogens is 2. The van der Waals surface area contributed by atoms with Crippen LogP contribution in [0.4, 0.5) is 5.95 Å². The molecule has 1 aromatic carbocycles. The summed E-state index contributed by atoms with van der Waals surface area (Å²) < 4.78 is 4.93. The molecule has 0 radical (unpaired) electrons. The Kier molecular flexibility index (Phi) is 6.70. The van der Waals surface area contributed by atoms with Gasteiger partial charge in [-0.25, -0.2) is 9.97 Å². The number of carbonyl (C=O) groups excluding carboxylic acids is 2. The summed E-state index contributed by atoms with van der Waals surface area (Å²) in [5.74, 6) is -0.336. The molecule has 0 aliphatic carbocycles. The van der Waals surface area contributed by atoms with Crippen LogP contribution in [0.15, 0.2) is 42.7 Å². The van der Waals surface area contributed by atoms with Gasteiger partial charge in [-0.05, 0) is 24.1 Å². The van der Waals surface area contributed by atoms with E-state index < -0.39 is 5.97 Å². The summed E-state index contributed by atoms with van der Waals surface area (Å²) in [7, 11) is 0. The highest BCUT2D eigenvalue weighted by molar-refractivity contribution is 5.80. The van der Waals surface area contributed by atoms with Gasteiger partial charge < -0.3 is 15.4 Å². The maximum absolute atomic E-state index is 11.7. The molecule has 0 saturated heterocycles. The summed E-state index contributed by atoms with van der Waals surface area (Å²) in [4.78, 5) is 31.2. The minimum absolute atomic E-state index is 0.128. The molecular weight excluding hydrogens is 308 g/mol. The second kappa shape index (κ2) is 9.24. The Balaban J connectivity index is 1.61. The highest BCUT2D eigenvalue weighted by atomic mass is 16.5. The molecule has 0 unspecified atom stereocenters. The second-order valence-electron chi connectivity index (χ2n) is 5.11. The first-order valence-corrected chi connectivity index (χ1v) is 7.63. The van der Waals surface area contributed by atoms with Crippen molar-refractivity contribution in [1.82, 2.24) is 15.3 Å². The fraction of sp³-hybridized carbons (Fsp3) is 0.294. The lowest BCUT2D eigenvalue weighted by Gasteiger charge is -2.08. The van der Waals surface area contributed by atoms with Crippen molar-refractivity contribution in [2.45, 2.75) is 19.9 Å². The zero-order chi connectivity index (χ0) is 17.2. The molecule has 2 rings (SSSR count). The van der Waals surface area contributed by atoms with E-state index in [1.54, 1.807) is 18.5 Å². The number of hydrogen-bond acceptors (Lipinski definition) is 6. The first-order chi connectivity index (χ1) is 11.6. The van der Waals surface area contributed by atoms with Crippen LogP contribution in [0.1, 0.15) is 17.5 Å². The molecule has 0 aliphatic rings. The molecule has 1 aromatic heterocycles. The monoisotopic (exact) mass is 328 g/mol. The Morgan fingerprint density at radius 2 is 1.88 bits per heavy atom. The van der Waals surface area contributed by atoms with Gasteiger partial charge in [-0.15, -0.1) is 0 Å². The number of carbonyl (C=O) groups is 2. The van der Waals surface area contributed by atoms with E-state index >= 15 is 0 Å². The summed E-state index contributed by atoms with van der Waals surface area (Å²) in [6, 6.07) is 9.48. The summed E-state index contributed by atoms with van der Waals surface area (Å²) in [5.41, 5.74) is 2.13. The average molecular weight is 328 g/mol. The summed E-state index contributed by atoms with van der Waals surface area (Å²) >= 11 is 0. The Morgan fingerprint density at radius 3 is 2.62 bits per heavy atom. The number of benzene rings is 1. The first-order valence-electron chi connectivity index (χ1n) is 7.63. The van der Waals surface area contributed by atoms with Crippen LogP contribution in [-0.4, -0.2) is 35.0 Å². The quantitative estimate of drug-likeness (QED) is 0.712. The fourth-order valence-electron chi connectivity index (χ4n) is 1.94. The van der Waals surface area contributed by atoms with E-state index in [-0.39, 0.29) is 18.9 Å². The number of ether oxygens (including phenoxy) is 1. The fourth-order valence-corrected chi connectivity index (χ4v) is 1.94. The number of aryl methyl sites for hydroxylation is 1. The van der Waals surface area contributed by atoms with Crippen molar-refractivity contribution in [1.29, 1.82) is 0 Å². The number of hydrogen-bond donors (Lipinski definition) is 2. The van der Waals surface area contributed by atoms with Crippen molar-refractivity contribution in [3.8, 4) is 0 Å². The van der Waals surface area contributed by atoms with Crippen molar-refractivity contribution in [3.63, 3.8) is 0 Å². The largest absolute Gasteiger partial charge is 0.456 e. The molecule has 0 fully saturated rings. The minimum atomic E-state index is -0.454. The van der Waals surface area contributed by atoms with E-state index in [4.69, 9.17) is 4.74 Å². The predicted molar refractivity (Wildman–Crippen MR) is 89.1 cm³/mol. The van der Waals surface area contributed by atoms with Gasteiger partial charge in [-0.2, -0.15) is 0 Å². The summed E-state index contributed by atoms with van der Waals surface area (Å²) in [6.07, 6.45) is 3.34. The maximum atomic E-state index is 11.7. The summed E-state index contributed by atoms with van der Waals surface area (Å²) in [6.45, 7) is 2.45. The molecule has 0 aliphatic heterocycles. The molecule has 24 heavy (non-hydrogen) atoms. The highest BCUT2D eigenvalue weighted by Crippen LogP contribution is 2.05. The van der Waals surface area contributed by atoms with Crippen molar-refractivity contribution in [2.24, 2.45) is 0 Å². The Hall–Kier alpha value is -2.96. The molecule has 0 spiro atoms. The SMILES string of the molecule is Cc1ccccc1CNC(=O)COC(=O)CCNc1ncccn1. The van der Waals surface area contributed by atoms with Crippen LogP contribution in [0.3, 0.4) is 0 Å². The van der Waals surface area contributed by atoms with Gasteiger partial charge in [0, 0.05) is 25.5 Å². The van der Waals surface area contributed by atoms with Gasteiger partial charge in [0.25, 0.3) is 5.91 Å². The van der Waals surface area contributed by atoms with Crippen LogP contribution >= 0.6 is 0 Å². The number of amides is 1. The lowest BCUT2D eigenvalue weighted by atomic mass is 10.1. The third-order valence-electron chi connectivity index (χ3n) is 3.28. The zero-order valence-corrected chi connectivity index (χ0v) is 13.5. The van der Waals surface area contributed by atoms with Crippen molar-refractivity contribution >= 4 is 17.8 Å². The van der Waals surface area contributed by atoms with Gasteiger partial charge in [0.2, 0.25) is 5.95 Å². The molecule has 0 saturated carbocycles. The molecule has 1 amide bonds. The normalized spacial score (nSPS) is 10.0. The number of rotatable bonds is 8. The Labute approximate surface area is 140 Å². The van der Waals surface area contributed by atoms with Crippen LogP contribution in [0.2, 0.25) is 0 Å². The Bertz CT molecular complexity index is 677. The van der Waals surface area contributed by atoms with E-state index in [2.05, 4.69) is 20.6 Å². The molecule has 0 atom stereocenters. The van der Waals surface area contributed by atoms with Gasteiger partial charge in [-0.3, -0.25) is 9.59 Å². The topological polar surface area (TPSA) is 93.2 Å². The minimum Gasteiger partial charge on any atom is -0.456 e. The van der Waals surface area contributed by atoms with Crippen LogP contribution in [-0.2, 0) is 20.9 Å².